The molecule has 1 saturated heterocycles. The highest BCUT2D eigenvalue weighted by Crippen LogP contribution is 2.40. The van der Waals surface area contributed by atoms with Gasteiger partial charge < -0.3 is 10.8 Å². The first-order valence-corrected chi connectivity index (χ1v) is 10.2. The third-order valence-electron chi connectivity index (χ3n) is 4.14. The molecular formula is C15H19N5O5S2. The number of nitrogens with two attached hydrogens (primary N) is 1. The zero-order valence-electron chi connectivity index (χ0n) is 14.7. The number of carboxylic acid groups (broad SMARTS) is 1. The Hall–Kier alpha value is -2.05. The highest BCUT2D eigenvalue weighted by atomic mass is 32.2. The lowest BCUT2D eigenvalue weighted by Crippen LogP contribution is -2.68. The van der Waals surface area contributed by atoms with Gasteiger partial charge in [0.05, 0.1) is 0 Å². The number of β-lactam (4-membered cyclic amide) rings is 1. The molecule has 4 N–H and O–H groups in total. The van der Waals surface area contributed by atoms with E-state index < -0.39 is 29.0 Å². The number of H-pyrrole nitrogens is 1. The molecular weight excluding hydrogens is 394 g/mol. The Morgan fingerprint density at radius 2 is 2.15 bits per heavy atom. The minimum atomic E-state index is -1.19. The monoisotopic (exact) mass is 413 g/mol. The largest absolute Gasteiger partial charge is 0.477 e. The molecule has 0 spiro atoms. The lowest BCUT2D eigenvalue weighted by molar-refractivity contribution is -0.147. The van der Waals surface area contributed by atoms with Crippen LogP contribution in [0.3, 0.4) is 0 Å². The van der Waals surface area contributed by atoms with E-state index in [-0.39, 0.29) is 22.7 Å². The topological polar surface area (TPSA) is 151 Å². The molecule has 2 aliphatic heterocycles. The van der Waals surface area contributed by atoms with E-state index in [1.165, 1.54) is 21.2 Å². The normalized spacial score (nSPS) is 22.1. The highest BCUT2D eigenvalue weighted by molar-refractivity contribution is 8.01. The number of fused-ring (bicyclic) bond motifs is 1. The Kier molecular flexibility index (Phi) is 5.49. The van der Waals surface area contributed by atoms with Crippen molar-refractivity contribution in [3.8, 4) is 0 Å². The van der Waals surface area contributed by atoms with Crippen LogP contribution in [0.2, 0.25) is 0 Å². The van der Waals surface area contributed by atoms with Gasteiger partial charge in [-0.2, -0.15) is 0 Å². The maximum atomic E-state index is 12.1. The number of rotatable bonds is 6. The average Bonchev–Trinajstić information content (AvgIpc) is 2.62. The number of aliphatic carboxylic acids is 1. The fourth-order valence-corrected chi connectivity index (χ4v) is 5.28. The SMILES string of the molecule is CC(C)Cn1c(SCC2=C(C(=O)O)N3C(=O)C(N)[C@@H]3SC2)n[nH]c(=O)c1=O. The number of nitrogens with zero attached hydrogens (tertiary/aromatic N) is 3. The van der Waals surface area contributed by atoms with Crippen molar-refractivity contribution in [2.24, 2.45) is 11.7 Å². The molecule has 2 atom stereocenters. The number of hydrogen-bond acceptors (Lipinski definition) is 8. The number of hydrogen-bond donors (Lipinski definition) is 3. The molecule has 12 heteroatoms. The number of aromatic nitrogens is 3. The maximum Gasteiger partial charge on any atom is 0.352 e. The molecule has 27 heavy (non-hydrogen) atoms. The van der Waals surface area contributed by atoms with Gasteiger partial charge in [-0.15, -0.1) is 16.9 Å². The van der Waals surface area contributed by atoms with Gasteiger partial charge in [-0.25, -0.2) is 9.89 Å². The van der Waals surface area contributed by atoms with E-state index in [2.05, 4.69) is 10.2 Å². The summed E-state index contributed by atoms with van der Waals surface area (Å²) < 4.78 is 1.29. The minimum Gasteiger partial charge on any atom is -0.477 e. The lowest BCUT2D eigenvalue weighted by atomic mass is 10.0. The molecule has 1 amide bonds. The summed E-state index contributed by atoms with van der Waals surface area (Å²) in [5.74, 6) is -0.854. The average molecular weight is 413 g/mol. The molecule has 2 aliphatic rings. The Labute approximate surface area is 162 Å². The van der Waals surface area contributed by atoms with Gasteiger partial charge >= 0.3 is 17.1 Å². The van der Waals surface area contributed by atoms with Crippen molar-refractivity contribution in [3.05, 3.63) is 32.0 Å². The van der Waals surface area contributed by atoms with Gasteiger partial charge in [0.2, 0.25) is 5.91 Å². The molecule has 146 valence electrons. The smallest absolute Gasteiger partial charge is 0.352 e. The van der Waals surface area contributed by atoms with E-state index in [1.807, 2.05) is 13.8 Å². The zero-order valence-corrected chi connectivity index (χ0v) is 16.3. The Morgan fingerprint density at radius 1 is 1.44 bits per heavy atom. The zero-order chi connectivity index (χ0) is 19.9. The van der Waals surface area contributed by atoms with E-state index in [4.69, 9.17) is 5.73 Å². The Morgan fingerprint density at radius 3 is 2.78 bits per heavy atom. The van der Waals surface area contributed by atoms with Crippen LogP contribution < -0.4 is 16.9 Å². The van der Waals surface area contributed by atoms with Crippen LogP contribution in [-0.4, -0.2) is 59.6 Å². The number of carbonyl (C=O) groups excluding carboxylic acids is 1. The molecule has 3 rings (SSSR count). The molecule has 1 aromatic heterocycles. The second kappa shape index (κ2) is 7.52. The van der Waals surface area contributed by atoms with E-state index >= 15 is 0 Å². The third kappa shape index (κ3) is 3.56. The van der Waals surface area contributed by atoms with Gasteiger partial charge in [-0.3, -0.25) is 23.9 Å². The summed E-state index contributed by atoms with van der Waals surface area (Å²) in [6, 6.07) is -0.685. The van der Waals surface area contributed by atoms with Crippen molar-refractivity contribution in [1.29, 1.82) is 0 Å². The molecule has 0 bridgehead atoms. The fourth-order valence-electron chi connectivity index (χ4n) is 2.90. The molecule has 3 heterocycles. The highest BCUT2D eigenvalue weighted by Gasteiger charge is 2.51. The van der Waals surface area contributed by atoms with Gasteiger partial charge in [0, 0.05) is 18.1 Å². The van der Waals surface area contributed by atoms with Gasteiger partial charge in [0.25, 0.3) is 0 Å². The molecule has 1 fully saturated rings. The second-order valence-corrected chi connectivity index (χ2v) is 8.67. The van der Waals surface area contributed by atoms with Crippen LogP contribution in [0.4, 0.5) is 0 Å². The summed E-state index contributed by atoms with van der Waals surface area (Å²) >= 11 is 2.56. The summed E-state index contributed by atoms with van der Waals surface area (Å²) in [4.78, 5) is 48.6. The Bertz CT molecular complexity index is 937. The molecule has 1 aromatic rings. The van der Waals surface area contributed by atoms with Crippen molar-refractivity contribution in [1.82, 2.24) is 19.7 Å². The van der Waals surface area contributed by atoms with Crippen LogP contribution >= 0.6 is 23.5 Å². The number of thioether (sulfide) groups is 2. The molecule has 0 radical (unpaired) electrons. The predicted octanol–water partition coefficient (Wildman–Crippen LogP) is -0.739. The van der Waals surface area contributed by atoms with Gasteiger partial charge in [0.1, 0.15) is 17.1 Å². The second-order valence-electron chi connectivity index (χ2n) is 6.63. The summed E-state index contributed by atoms with van der Waals surface area (Å²) in [7, 11) is 0. The van der Waals surface area contributed by atoms with Crippen LogP contribution in [0.5, 0.6) is 0 Å². The number of amides is 1. The van der Waals surface area contributed by atoms with Crippen molar-refractivity contribution in [3.63, 3.8) is 0 Å². The van der Waals surface area contributed by atoms with E-state index in [9.17, 15) is 24.3 Å². The number of aromatic amines is 1. The van der Waals surface area contributed by atoms with Gasteiger partial charge in [-0.1, -0.05) is 25.6 Å². The first-order valence-electron chi connectivity index (χ1n) is 8.20. The predicted molar refractivity (Wildman–Crippen MR) is 100 cm³/mol. The van der Waals surface area contributed by atoms with E-state index in [1.54, 1.807) is 0 Å². The first-order chi connectivity index (χ1) is 12.7. The summed E-state index contributed by atoms with van der Waals surface area (Å²) in [5.41, 5.74) is 4.72. The van der Waals surface area contributed by atoms with Crippen molar-refractivity contribution < 1.29 is 14.7 Å². The molecule has 10 nitrogen and oxygen atoms in total. The van der Waals surface area contributed by atoms with Crippen LogP contribution in [-0.2, 0) is 16.1 Å². The number of carboxylic acids is 1. The molecule has 0 aromatic carbocycles. The quantitative estimate of drug-likeness (QED) is 0.311. The number of carbonyl (C=O) groups is 2. The van der Waals surface area contributed by atoms with Gasteiger partial charge in [0.15, 0.2) is 5.16 Å². The van der Waals surface area contributed by atoms with E-state index in [0.29, 0.717) is 23.0 Å². The van der Waals surface area contributed by atoms with Gasteiger partial charge in [-0.05, 0) is 11.5 Å². The first kappa shape index (κ1) is 19.7. The molecule has 0 aliphatic carbocycles. The summed E-state index contributed by atoms with van der Waals surface area (Å²) in [5, 5.41) is 15.6. The summed E-state index contributed by atoms with van der Waals surface area (Å²) in [6.45, 7) is 4.13. The van der Waals surface area contributed by atoms with Crippen LogP contribution in [0.25, 0.3) is 0 Å². The lowest BCUT2D eigenvalue weighted by Gasteiger charge is -2.48. The van der Waals surface area contributed by atoms with Crippen LogP contribution in [0, 0.1) is 5.92 Å². The van der Waals surface area contributed by atoms with Crippen LogP contribution in [0.15, 0.2) is 26.0 Å². The van der Waals surface area contributed by atoms with E-state index in [0.717, 1.165) is 11.8 Å². The maximum absolute atomic E-state index is 12.1. The Balaban J connectivity index is 1.89. The van der Waals surface area contributed by atoms with Crippen molar-refractivity contribution in [2.45, 2.75) is 37.0 Å². The van der Waals surface area contributed by atoms with Crippen molar-refractivity contribution in [2.75, 3.05) is 11.5 Å². The fraction of sp³-hybridized carbons (Fsp3) is 0.533. The molecule has 1 unspecified atom stereocenters. The third-order valence-corrected chi connectivity index (χ3v) is 6.56. The molecule has 0 saturated carbocycles. The van der Waals surface area contributed by atoms with Crippen molar-refractivity contribution >= 4 is 35.4 Å². The summed E-state index contributed by atoms with van der Waals surface area (Å²) in [6.07, 6.45) is 0. The minimum absolute atomic E-state index is 0.0554. The number of nitrogens with one attached hydrogen (secondary N) is 1. The van der Waals surface area contributed by atoms with Crippen LogP contribution in [0.1, 0.15) is 13.8 Å². The standard InChI is InChI=1S/C15H19N5O5S2/c1-6(2)3-19-12(23)10(21)17-18-15(19)27-5-7-4-26-13-8(16)11(22)20(13)9(7)14(24)25/h6,8,13H,3-5,16H2,1-2H3,(H,17,21)(H,24,25)/t8?,13-/m0/s1.